The van der Waals surface area contributed by atoms with Crippen LogP contribution in [0.4, 0.5) is 0 Å². The second kappa shape index (κ2) is 4.53. The summed E-state index contributed by atoms with van der Waals surface area (Å²) < 4.78 is 0. The first kappa shape index (κ1) is 11.6. The molecule has 2 N–H and O–H groups in total. The third-order valence-electron chi connectivity index (χ3n) is 3.16. The number of carboxylic acid groups (broad SMARTS) is 1. The van der Waals surface area contributed by atoms with Gasteiger partial charge in [-0.1, -0.05) is 12.8 Å². The molecule has 0 aliphatic heterocycles. The Morgan fingerprint density at radius 3 is 2.35 bits per heavy atom. The first-order valence-corrected chi connectivity index (χ1v) is 5.60. The lowest BCUT2D eigenvalue weighted by Crippen LogP contribution is -2.52. The van der Waals surface area contributed by atoms with Gasteiger partial charge in [0.2, 0.25) is 0 Å². The summed E-state index contributed by atoms with van der Waals surface area (Å²) in [5.41, 5.74) is -0.645. The van der Waals surface area contributed by atoms with Crippen molar-refractivity contribution in [2.24, 2.45) is 0 Å². The number of aromatic nitrogens is 1. The summed E-state index contributed by atoms with van der Waals surface area (Å²) in [5.74, 6) is -1.30. The van der Waals surface area contributed by atoms with Crippen LogP contribution in [0.3, 0.4) is 0 Å². The summed E-state index contributed by atoms with van der Waals surface area (Å²) >= 11 is 0. The molecule has 0 saturated heterocycles. The van der Waals surface area contributed by atoms with Crippen molar-refractivity contribution in [2.45, 2.75) is 31.2 Å². The number of carboxylic acids is 1. The molecule has 1 fully saturated rings. The molecule has 1 heterocycles. The minimum absolute atomic E-state index is 0.350. The minimum atomic E-state index is -1.08. The molecule has 0 aromatic carbocycles. The Morgan fingerprint density at radius 2 is 1.82 bits per heavy atom. The molecule has 2 rings (SSSR count). The standard InChI is InChI=1S/C12H14N2O3/c15-10(9-3-7-13-8-4-9)14-12(11(16)17)5-1-2-6-12/h3-4,7-8H,1-2,5-6H2,(H,14,15)(H,16,17). The molecule has 0 bridgehead atoms. The van der Waals surface area contributed by atoms with Crippen LogP contribution in [0.25, 0.3) is 0 Å². The lowest BCUT2D eigenvalue weighted by atomic mass is 9.97. The van der Waals surface area contributed by atoms with Gasteiger partial charge >= 0.3 is 5.97 Å². The smallest absolute Gasteiger partial charge is 0.329 e. The van der Waals surface area contributed by atoms with E-state index in [0.29, 0.717) is 18.4 Å². The predicted octanol–water partition coefficient (Wildman–Crippen LogP) is 1.21. The van der Waals surface area contributed by atoms with Crippen molar-refractivity contribution in [1.82, 2.24) is 10.3 Å². The van der Waals surface area contributed by atoms with Crippen molar-refractivity contribution in [3.63, 3.8) is 0 Å². The number of hydrogen-bond donors (Lipinski definition) is 2. The van der Waals surface area contributed by atoms with Gasteiger partial charge in [-0.3, -0.25) is 9.78 Å². The molecule has 5 nitrogen and oxygen atoms in total. The number of rotatable bonds is 3. The first-order chi connectivity index (χ1) is 8.14. The highest BCUT2D eigenvalue weighted by atomic mass is 16.4. The number of aliphatic carboxylic acids is 1. The minimum Gasteiger partial charge on any atom is -0.480 e. The van der Waals surface area contributed by atoms with Crippen LogP contribution < -0.4 is 5.32 Å². The van der Waals surface area contributed by atoms with Crippen molar-refractivity contribution in [3.8, 4) is 0 Å². The van der Waals surface area contributed by atoms with E-state index in [4.69, 9.17) is 0 Å². The van der Waals surface area contributed by atoms with Gasteiger partial charge in [-0.15, -0.1) is 0 Å². The third kappa shape index (κ3) is 2.27. The highest BCUT2D eigenvalue weighted by Gasteiger charge is 2.42. The number of amides is 1. The fourth-order valence-corrected chi connectivity index (χ4v) is 2.16. The van der Waals surface area contributed by atoms with Gasteiger partial charge in [0.15, 0.2) is 0 Å². The van der Waals surface area contributed by atoms with Gasteiger partial charge in [-0.05, 0) is 25.0 Å². The number of nitrogens with one attached hydrogen (secondary N) is 1. The summed E-state index contributed by atoms with van der Waals surface area (Å²) in [6, 6.07) is 3.14. The summed E-state index contributed by atoms with van der Waals surface area (Å²) in [7, 11) is 0. The van der Waals surface area contributed by atoms with Crippen LogP contribution in [0.5, 0.6) is 0 Å². The molecule has 0 unspecified atom stereocenters. The Balaban J connectivity index is 2.15. The summed E-state index contributed by atoms with van der Waals surface area (Å²) in [5, 5.41) is 11.9. The Bertz CT molecular complexity index is 425. The fourth-order valence-electron chi connectivity index (χ4n) is 2.16. The number of hydrogen-bond acceptors (Lipinski definition) is 3. The maximum atomic E-state index is 11.9. The lowest BCUT2D eigenvalue weighted by molar-refractivity contribution is -0.144. The fraction of sp³-hybridized carbons (Fsp3) is 0.417. The van der Waals surface area contributed by atoms with Crippen LogP contribution in [0.1, 0.15) is 36.0 Å². The highest BCUT2D eigenvalue weighted by Crippen LogP contribution is 2.30. The summed E-state index contributed by atoms with van der Waals surface area (Å²) in [6.45, 7) is 0. The molecular formula is C12H14N2O3. The molecule has 0 spiro atoms. The predicted molar refractivity (Wildman–Crippen MR) is 60.5 cm³/mol. The third-order valence-corrected chi connectivity index (χ3v) is 3.16. The van der Waals surface area contributed by atoms with Crippen LogP contribution in [0.2, 0.25) is 0 Å². The molecule has 1 saturated carbocycles. The van der Waals surface area contributed by atoms with Gasteiger partial charge in [-0.2, -0.15) is 0 Å². The second-order valence-corrected chi connectivity index (χ2v) is 4.28. The lowest BCUT2D eigenvalue weighted by Gasteiger charge is -2.25. The molecule has 0 atom stereocenters. The zero-order chi connectivity index (χ0) is 12.3. The van der Waals surface area contributed by atoms with E-state index in [0.717, 1.165) is 12.8 Å². The first-order valence-electron chi connectivity index (χ1n) is 5.60. The number of carbonyl (C=O) groups is 2. The average molecular weight is 234 g/mol. The summed E-state index contributed by atoms with van der Waals surface area (Å²) in [4.78, 5) is 27.0. The maximum Gasteiger partial charge on any atom is 0.329 e. The molecule has 1 aromatic rings. The van der Waals surface area contributed by atoms with E-state index in [9.17, 15) is 14.7 Å². The molecule has 0 radical (unpaired) electrons. The molecule has 17 heavy (non-hydrogen) atoms. The summed E-state index contributed by atoms with van der Waals surface area (Å²) in [6.07, 6.45) is 5.69. The Morgan fingerprint density at radius 1 is 1.24 bits per heavy atom. The van der Waals surface area contributed by atoms with Crippen LogP contribution in [0.15, 0.2) is 24.5 Å². The van der Waals surface area contributed by atoms with E-state index in [-0.39, 0.29) is 5.91 Å². The van der Waals surface area contributed by atoms with E-state index < -0.39 is 11.5 Å². The van der Waals surface area contributed by atoms with Gasteiger partial charge in [0.1, 0.15) is 5.54 Å². The number of carbonyl (C=O) groups excluding carboxylic acids is 1. The zero-order valence-corrected chi connectivity index (χ0v) is 9.35. The van der Waals surface area contributed by atoms with E-state index in [1.807, 2.05) is 0 Å². The van der Waals surface area contributed by atoms with Gasteiger partial charge in [0.25, 0.3) is 5.91 Å². The molecule has 1 aliphatic rings. The van der Waals surface area contributed by atoms with Gasteiger partial charge in [0.05, 0.1) is 0 Å². The molecule has 1 aromatic heterocycles. The van der Waals surface area contributed by atoms with E-state index in [1.54, 1.807) is 12.1 Å². The van der Waals surface area contributed by atoms with Crippen LogP contribution in [0, 0.1) is 0 Å². The average Bonchev–Trinajstić information content (AvgIpc) is 2.80. The van der Waals surface area contributed by atoms with Crippen LogP contribution >= 0.6 is 0 Å². The van der Waals surface area contributed by atoms with Crippen molar-refractivity contribution in [3.05, 3.63) is 30.1 Å². The highest BCUT2D eigenvalue weighted by molar-refractivity contribution is 5.97. The zero-order valence-electron chi connectivity index (χ0n) is 9.35. The maximum absolute atomic E-state index is 11.9. The Kier molecular flexibility index (Phi) is 3.08. The van der Waals surface area contributed by atoms with Gasteiger partial charge < -0.3 is 10.4 Å². The normalized spacial score (nSPS) is 17.6. The molecule has 1 aliphatic carbocycles. The Labute approximate surface area is 98.9 Å². The van der Waals surface area contributed by atoms with Crippen LogP contribution in [-0.2, 0) is 4.79 Å². The van der Waals surface area contributed by atoms with Crippen molar-refractivity contribution in [2.75, 3.05) is 0 Å². The second-order valence-electron chi connectivity index (χ2n) is 4.28. The van der Waals surface area contributed by atoms with Crippen molar-refractivity contribution in [1.29, 1.82) is 0 Å². The Hall–Kier alpha value is -1.91. The van der Waals surface area contributed by atoms with E-state index in [2.05, 4.69) is 10.3 Å². The molecule has 5 heteroatoms. The van der Waals surface area contributed by atoms with E-state index >= 15 is 0 Å². The van der Waals surface area contributed by atoms with Crippen molar-refractivity contribution >= 4 is 11.9 Å². The topological polar surface area (TPSA) is 79.3 Å². The SMILES string of the molecule is O=C(NC1(C(=O)O)CCCC1)c1ccncc1. The van der Waals surface area contributed by atoms with Crippen LogP contribution in [-0.4, -0.2) is 27.5 Å². The quantitative estimate of drug-likeness (QED) is 0.823. The molecule has 1 amide bonds. The molecular weight excluding hydrogens is 220 g/mol. The van der Waals surface area contributed by atoms with Gasteiger partial charge in [0, 0.05) is 18.0 Å². The molecule has 90 valence electrons. The largest absolute Gasteiger partial charge is 0.480 e. The van der Waals surface area contributed by atoms with E-state index in [1.165, 1.54) is 12.4 Å². The monoisotopic (exact) mass is 234 g/mol. The number of pyridine rings is 1. The number of nitrogens with zero attached hydrogens (tertiary/aromatic N) is 1. The van der Waals surface area contributed by atoms with Crippen molar-refractivity contribution < 1.29 is 14.7 Å². The van der Waals surface area contributed by atoms with Gasteiger partial charge in [-0.25, -0.2) is 4.79 Å².